The van der Waals surface area contributed by atoms with E-state index in [1.54, 1.807) is 85.7 Å². The van der Waals surface area contributed by atoms with Gasteiger partial charge in [0.15, 0.2) is 0 Å². The van der Waals surface area contributed by atoms with E-state index in [4.69, 9.17) is 5.73 Å². The fourth-order valence-corrected chi connectivity index (χ4v) is 7.76. The van der Waals surface area contributed by atoms with Crippen molar-refractivity contribution in [3.63, 3.8) is 0 Å². The molecule has 1 aromatic rings. The van der Waals surface area contributed by atoms with Gasteiger partial charge in [-0.3, -0.25) is 47.9 Å². The quantitative estimate of drug-likeness (QED) is 0.0429. The van der Waals surface area contributed by atoms with Crippen LogP contribution in [0, 0.1) is 23.7 Å². The first-order valence-corrected chi connectivity index (χ1v) is 24.3. The number of aliphatic hydroxyl groups excluding tert-OH is 1. The summed E-state index contributed by atoms with van der Waals surface area (Å²) >= 11 is 0. The number of hydrogen-bond acceptors (Lipinski definition) is 13. The minimum atomic E-state index is -1.90. The molecule has 72 heavy (non-hydrogen) atoms. The van der Waals surface area contributed by atoms with Crippen LogP contribution >= 0.6 is 0 Å². The largest absolute Gasteiger partial charge is 0.481 e. The first-order chi connectivity index (χ1) is 33.8. The monoisotopic (exact) mass is 1020 g/mol. The molecule has 2 rings (SSSR count). The van der Waals surface area contributed by atoms with Gasteiger partial charge >= 0.3 is 17.9 Å². The minimum Gasteiger partial charge on any atom is -0.481 e. The third kappa shape index (κ3) is 19.1. The standard InChI is InChI=1S/C48H75N9O15/c1-9-26(7)38(55-45(68)37(49)25(5)6)46(69)52-29(19-24(3)4)40(63)51-31(21-35(59)60)42(65)54-33(23-58)43(66)50-30(20-28-15-12-11-13-16-28)41(64)53-32(22-36(61)62)47(70)57-18-14-17-34(57)44(67)56-39(48(71)72)27(8)10-2/h11-13,15-16,24-27,29-34,37-39,58H,9-10,14,17-23,49H2,1-8H3,(H,50,66)(H,51,63)(H,52,69)(H,53,64)(H,54,65)(H,55,68)(H,56,67)(H,59,60)(H,61,62)(H,71,72)/t26-,27-,29-,30-,31-,32-,33-,34-,37-,38-,39-/m0/s1. The zero-order chi connectivity index (χ0) is 54.6. The number of carboxylic acids is 3. The van der Waals surface area contributed by atoms with Crippen molar-refractivity contribution in [2.75, 3.05) is 13.2 Å². The molecule has 1 aliphatic rings. The van der Waals surface area contributed by atoms with Crippen LogP contribution in [-0.2, 0) is 59.2 Å². The predicted molar refractivity (Wildman–Crippen MR) is 259 cm³/mol. The second-order valence-corrected chi connectivity index (χ2v) is 19.0. The highest BCUT2D eigenvalue weighted by Gasteiger charge is 2.41. The fourth-order valence-electron chi connectivity index (χ4n) is 7.76. The molecule has 11 atom stereocenters. The first-order valence-electron chi connectivity index (χ1n) is 24.3. The highest BCUT2D eigenvalue weighted by Crippen LogP contribution is 2.21. The predicted octanol–water partition coefficient (Wildman–Crippen LogP) is -1.24. The van der Waals surface area contributed by atoms with Crippen molar-refractivity contribution in [2.45, 2.75) is 161 Å². The Morgan fingerprint density at radius 1 is 0.611 bits per heavy atom. The molecule has 24 nitrogen and oxygen atoms in total. The van der Waals surface area contributed by atoms with Crippen LogP contribution < -0.4 is 43.0 Å². The van der Waals surface area contributed by atoms with Crippen LogP contribution in [0.5, 0.6) is 0 Å². The Morgan fingerprint density at radius 2 is 1.10 bits per heavy atom. The molecule has 0 bridgehead atoms. The molecule has 0 spiro atoms. The summed E-state index contributed by atoms with van der Waals surface area (Å²) in [6.07, 6.45) is -1.04. The van der Waals surface area contributed by atoms with Gasteiger partial charge in [0.1, 0.15) is 48.3 Å². The normalized spacial score (nSPS) is 17.6. The molecule has 0 radical (unpaired) electrons. The summed E-state index contributed by atoms with van der Waals surface area (Å²) in [5.74, 6) is -13.4. The van der Waals surface area contributed by atoms with Crippen LogP contribution in [0.1, 0.15) is 106 Å². The number of nitrogens with two attached hydrogens (primary N) is 1. The molecule has 1 heterocycles. The number of nitrogens with zero attached hydrogens (tertiary/aromatic N) is 1. The maximum absolute atomic E-state index is 14.1. The molecular weight excluding hydrogens is 943 g/mol. The number of nitrogens with one attached hydrogen (secondary N) is 7. The lowest BCUT2D eigenvalue weighted by molar-refractivity contribution is -0.148. The van der Waals surface area contributed by atoms with Gasteiger partial charge < -0.3 is 68.3 Å². The lowest BCUT2D eigenvalue weighted by atomic mass is 9.95. The zero-order valence-corrected chi connectivity index (χ0v) is 42.3. The van der Waals surface area contributed by atoms with Gasteiger partial charge in [-0.25, -0.2) is 4.79 Å². The zero-order valence-electron chi connectivity index (χ0n) is 42.3. The summed E-state index contributed by atoms with van der Waals surface area (Å²) in [4.78, 5) is 147. The van der Waals surface area contributed by atoms with Gasteiger partial charge in [0, 0.05) is 13.0 Å². The fraction of sp³-hybridized carbons (Fsp3) is 0.646. The van der Waals surface area contributed by atoms with E-state index < -0.39 is 151 Å². The molecule has 24 heteroatoms. The molecule has 402 valence electrons. The van der Waals surface area contributed by atoms with Crippen molar-refractivity contribution in [2.24, 2.45) is 29.4 Å². The Balaban J connectivity index is 2.40. The number of carbonyl (C=O) groups is 11. The van der Waals surface area contributed by atoms with E-state index >= 15 is 0 Å². The number of hydrogen-bond donors (Lipinski definition) is 12. The maximum Gasteiger partial charge on any atom is 0.326 e. The van der Waals surface area contributed by atoms with Gasteiger partial charge in [0.2, 0.25) is 47.3 Å². The van der Waals surface area contributed by atoms with Gasteiger partial charge in [-0.2, -0.15) is 0 Å². The lowest BCUT2D eigenvalue weighted by Gasteiger charge is -2.30. The molecule has 1 aromatic carbocycles. The maximum atomic E-state index is 14.1. The number of aliphatic carboxylic acids is 3. The van der Waals surface area contributed by atoms with Gasteiger partial charge in [-0.05, 0) is 48.5 Å². The summed E-state index contributed by atoms with van der Waals surface area (Å²) < 4.78 is 0. The number of likely N-dealkylation sites (tertiary alicyclic amines) is 1. The van der Waals surface area contributed by atoms with E-state index in [0.717, 1.165) is 4.90 Å². The lowest BCUT2D eigenvalue weighted by Crippen LogP contribution is -2.61. The molecule has 0 aromatic heterocycles. The summed E-state index contributed by atoms with van der Waals surface area (Å²) in [6.45, 7) is 12.6. The first kappa shape index (κ1) is 61.4. The van der Waals surface area contributed by atoms with Crippen molar-refractivity contribution in [3.8, 4) is 0 Å². The number of amides is 8. The Hall–Kier alpha value is -6.69. The van der Waals surface area contributed by atoms with Crippen LogP contribution in [0.25, 0.3) is 0 Å². The molecule has 1 aliphatic heterocycles. The van der Waals surface area contributed by atoms with Crippen molar-refractivity contribution in [3.05, 3.63) is 35.9 Å². The van der Waals surface area contributed by atoms with E-state index in [9.17, 15) is 73.2 Å². The minimum absolute atomic E-state index is 0.00331. The third-order valence-corrected chi connectivity index (χ3v) is 12.5. The third-order valence-electron chi connectivity index (χ3n) is 12.5. The second kappa shape index (κ2) is 29.6. The van der Waals surface area contributed by atoms with Crippen LogP contribution in [0.15, 0.2) is 30.3 Å². The average Bonchev–Trinajstić information content (AvgIpc) is 3.82. The molecule has 0 aliphatic carbocycles. The van der Waals surface area contributed by atoms with Crippen LogP contribution in [0.4, 0.5) is 0 Å². The number of benzene rings is 1. The van der Waals surface area contributed by atoms with E-state index in [-0.39, 0.29) is 37.6 Å². The SMILES string of the molecule is CC[C@H](C)[C@H](NC(=O)[C@@H]1CCCN1C(=O)[C@H](CC(=O)O)NC(=O)[C@H](Cc1ccccc1)NC(=O)[C@H](CO)NC(=O)[C@H](CC(=O)O)NC(=O)[C@H](CC(C)C)NC(=O)[C@@H](NC(=O)[C@@H](N)C(C)C)[C@@H](C)CC)C(=O)O. The van der Waals surface area contributed by atoms with Crippen LogP contribution in [0.2, 0.25) is 0 Å². The topological polar surface area (TPSA) is 382 Å². The van der Waals surface area contributed by atoms with Gasteiger partial charge in [0.25, 0.3) is 0 Å². The Kier molecular flexibility index (Phi) is 25.3. The molecule has 1 saturated heterocycles. The van der Waals surface area contributed by atoms with E-state index in [0.29, 0.717) is 24.8 Å². The Bertz CT molecular complexity index is 2070. The summed E-state index contributed by atoms with van der Waals surface area (Å²) in [5.41, 5.74) is 6.47. The van der Waals surface area contributed by atoms with Crippen LogP contribution in [-0.4, -0.2) is 158 Å². The number of rotatable bonds is 30. The van der Waals surface area contributed by atoms with E-state index in [1.165, 1.54) is 0 Å². The van der Waals surface area contributed by atoms with Crippen molar-refractivity contribution in [1.82, 2.24) is 42.1 Å². The summed E-state index contributed by atoms with van der Waals surface area (Å²) in [6, 6.07) is -5.04. The van der Waals surface area contributed by atoms with Crippen molar-refractivity contribution in [1.29, 1.82) is 0 Å². The number of carbonyl (C=O) groups excluding carboxylic acids is 8. The highest BCUT2D eigenvalue weighted by atomic mass is 16.4. The van der Waals surface area contributed by atoms with E-state index in [1.807, 2.05) is 0 Å². The van der Waals surface area contributed by atoms with Gasteiger partial charge in [0.05, 0.1) is 25.5 Å². The smallest absolute Gasteiger partial charge is 0.326 e. The molecule has 0 saturated carbocycles. The van der Waals surface area contributed by atoms with Gasteiger partial charge in [-0.15, -0.1) is 0 Å². The van der Waals surface area contributed by atoms with Crippen molar-refractivity contribution < 1.29 is 73.2 Å². The summed E-state index contributed by atoms with van der Waals surface area (Å²) in [7, 11) is 0. The molecule has 13 N–H and O–H groups in total. The van der Waals surface area contributed by atoms with E-state index in [2.05, 4.69) is 37.2 Å². The Morgan fingerprint density at radius 3 is 1.62 bits per heavy atom. The molecule has 1 fully saturated rings. The van der Waals surface area contributed by atoms with Gasteiger partial charge in [-0.1, -0.05) is 98.6 Å². The van der Waals surface area contributed by atoms with Crippen LogP contribution in [0.3, 0.4) is 0 Å². The molecule has 0 unspecified atom stereocenters. The molecular formula is C48H75N9O15. The molecule has 8 amide bonds. The number of aliphatic hydroxyl groups is 1. The Labute approximate surface area is 419 Å². The van der Waals surface area contributed by atoms with Crippen molar-refractivity contribution >= 4 is 65.2 Å². The highest BCUT2D eigenvalue weighted by molar-refractivity contribution is 5.99. The average molecular weight is 1020 g/mol. The second-order valence-electron chi connectivity index (χ2n) is 19.0. The number of carboxylic acid groups (broad SMARTS) is 3. The summed E-state index contributed by atoms with van der Waals surface area (Å²) in [5, 5.41) is 56.6.